The first-order valence-electron chi connectivity index (χ1n) is 12.1. The molecule has 31 heavy (non-hydrogen) atoms. The Bertz CT molecular complexity index is 847. The van der Waals surface area contributed by atoms with Crippen molar-refractivity contribution in [3.05, 3.63) is 30.3 Å². The van der Waals surface area contributed by atoms with Gasteiger partial charge in [-0.3, -0.25) is 4.79 Å². The van der Waals surface area contributed by atoms with E-state index in [4.69, 9.17) is 5.73 Å². The molecule has 0 radical (unpaired) electrons. The number of fused-ring (bicyclic) bond motifs is 2. The SMILES string of the molecule is NC(=O)C12CC3CC(C1)C(NC(=O)N1C4CC[C@H]1CC(Sc1ccccc1)C4)C(C3)C2. The fourth-order valence-electron chi connectivity index (χ4n) is 8.03. The lowest BCUT2D eigenvalue weighted by Crippen LogP contribution is -2.64. The van der Waals surface area contributed by atoms with Gasteiger partial charge in [0.25, 0.3) is 0 Å². The maximum absolute atomic E-state index is 13.4. The van der Waals surface area contributed by atoms with E-state index in [1.807, 2.05) is 11.8 Å². The monoisotopic (exact) mass is 439 g/mol. The smallest absolute Gasteiger partial charge is 0.318 e. The van der Waals surface area contributed by atoms with E-state index in [1.165, 1.54) is 4.90 Å². The number of benzene rings is 1. The van der Waals surface area contributed by atoms with Crippen molar-refractivity contribution in [3.63, 3.8) is 0 Å². The minimum absolute atomic E-state index is 0.104. The van der Waals surface area contributed by atoms with Crippen LogP contribution in [0, 0.1) is 23.2 Å². The molecule has 5 atom stereocenters. The Balaban J connectivity index is 1.12. The molecule has 0 aromatic heterocycles. The standard InChI is InChI=1S/C25H33N3O2S/c26-23(29)25-12-15-8-16(13-25)22(17(9-15)14-25)27-24(30)28-18-6-7-19(28)11-21(10-18)31-20-4-2-1-3-5-20/h1-5,15-19,21-22H,6-14H2,(H2,26,29)(H,27,30)/t15?,16?,17?,18-,19?,21?,22?,25?/m0/s1. The summed E-state index contributed by atoms with van der Waals surface area (Å²) in [5.41, 5.74) is 5.54. The molecular formula is C25H33N3O2S. The zero-order valence-electron chi connectivity index (χ0n) is 18.0. The quantitative estimate of drug-likeness (QED) is 0.740. The summed E-state index contributed by atoms with van der Waals surface area (Å²) in [5, 5.41) is 4.08. The Kier molecular flexibility index (Phi) is 4.78. The van der Waals surface area contributed by atoms with Crippen molar-refractivity contribution in [3.8, 4) is 0 Å². The lowest BCUT2D eigenvalue weighted by Gasteiger charge is -2.59. The largest absolute Gasteiger partial charge is 0.369 e. The predicted molar refractivity (Wildman–Crippen MR) is 121 cm³/mol. The van der Waals surface area contributed by atoms with Crippen LogP contribution in [0.5, 0.6) is 0 Å². The maximum atomic E-state index is 13.4. The number of carbonyl (C=O) groups is 2. The highest BCUT2D eigenvalue weighted by atomic mass is 32.2. The molecule has 3 N–H and O–H groups in total. The van der Waals surface area contributed by atoms with Crippen molar-refractivity contribution in [1.82, 2.24) is 10.2 Å². The summed E-state index contributed by atoms with van der Waals surface area (Å²) in [6.07, 6.45) is 9.49. The highest BCUT2D eigenvalue weighted by Gasteiger charge is 2.58. The molecule has 3 amide bonds. The number of rotatable bonds is 4. The van der Waals surface area contributed by atoms with Gasteiger partial charge in [0.05, 0.1) is 0 Å². The van der Waals surface area contributed by atoms with E-state index in [0.717, 1.165) is 57.8 Å². The molecule has 1 aromatic rings. The van der Waals surface area contributed by atoms with E-state index in [-0.39, 0.29) is 23.4 Å². The summed E-state index contributed by atoms with van der Waals surface area (Å²) in [4.78, 5) is 29.2. The maximum Gasteiger partial charge on any atom is 0.318 e. The van der Waals surface area contributed by atoms with Crippen molar-refractivity contribution in [2.45, 2.75) is 86.1 Å². The number of hydrogen-bond acceptors (Lipinski definition) is 3. The second-order valence-corrected chi connectivity index (χ2v) is 12.3. The molecule has 4 aliphatic carbocycles. The highest BCUT2D eigenvalue weighted by molar-refractivity contribution is 8.00. The summed E-state index contributed by atoms with van der Waals surface area (Å²) in [7, 11) is 0. The number of piperidine rings is 1. The van der Waals surface area contributed by atoms with Gasteiger partial charge in [-0.05, 0) is 87.7 Å². The van der Waals surface area contributed by atoms with Gasteiger partial charge < -0.3 is 16.0 Å². The average molecular weight is 440 g/mol. The van der Waals surface area contributed by atoms with Crippen LogP contribution in [0.3, 0.4) is 0 Å². The van der Waals surface area contributed by atoms with Crippen LogP contribution in [0.25, 0.3) is 0 Å². The Hall–Kier alpha value is -1.69. The number of nitrogens with two attached hydrogens (primary N) is 1. The molecule has 0 spiro atoms. The average Bonchev–Trinajstić information content (AvgIpc) is 3.01. The lowest BCUT2D eigenvalue weighted by molar-refractivity contribution is -0.145. The molecule has 2 saturated heterocycles. The van der Waals surface area contributed by atoms with Gasteiger partial charge in [-0.2, -0.15) is 0 Å². The molecule has 6 heteroatoms. The third-order valence-electron chi connectivity index (χ3n) is 9.06. The van der Waals surface area contributed by atoms with Crippen LogP contribution in [-0.2, 0) is 4.79 Å². The zero-order chi connectivity index (χ0) is 21.2. The van der Waals surface area contributed by atoms with Crippen molar-refractivity contribution < 1.29 is 9.59 Å². The Morgan fingerprint density at radius 2 is 1.61 bits per heavy atom. The summed E-state index contributed by atoms with van der Waals surface area (Å²) in [6, 6.07) is 11.8. The van der Waals surface area contributed by atoms with Gasteiger partial charge in [-0.25, -0.2) is 4.79 Å². The lowest BCUT2D eigenvalue weighted by atomic mass is 9.47. The molecule has 4 saturated carbocycles. The summed E-state index contributed by atoms with van der Waals surface area (Å²) in [6.45, 7) is 0. The zero-order valence-corrected chi connectivity index (χ0v) is 18.9. The molecule has 1 aromatic carbocycles. The molecule has 4 unspecified atom stereocenters. The molecule has 2 aliphatic heterocycles. The van der Waals surface area contributed by atoms with Gasteiger partial charge in [0.1, 0.15) is 0 Å². The van der Waals surface area contributed by atoms with Crippen molar-refractivity contribution in [2.75, 3.05) is 0 Å². The van der Waals surface area contributed by atoms with Gasteiger partial charge in [-0.15, -0.1) is 11.8 Å². The molecule has 6 fully saturated rings. The van der Waals surface area contributed by atoms with Crippen LogP contribution < -0.4 is 11.1 Å². The van der Waals surface area contributed by atoms with Crippen LogP contribution in [0.15, 0.2) is 35.2 Å². The van der Waals surface area contributed by atoms with E-state index in [2.05, 4.69) is 40.5 Å². The molecule has 6 aliphatic rings. The van der Waals surface area contributed by atoms with Crippen molar-refractivity contribution in [2.24, 2.45) is 28.9 Å². The van der Waals surface area contributed by atoms with Gasteiger partial charge >= 0.3 is 6.03 Å². The fraction of sp³-hybridized carbons (Fsp3) is 0.680. The number of thioether (sulfide) groups is 1. The van der Waals surface area contributed by atoms with Gasteiger partial charge in [-0.1, -0.05) is 18.2 Å². The minimum Gasteiger partial charge on any atom is -0.369 e. The van der Waals surface area contributed by atoms with Crippen LogP contribution in [-0.4, -0.2) is 40.2 Å². The Morgan fingerprint density at radius 1 is 0.968 bits per heavy atom. The third-order valence-corrected chi connectivity index (χ3v) is 10.3. The topological polar surface area (TPSA) is 75.4 Å². The van der Waals surface area contributed by atoms with E-state index < -0.39 is 0 Å². The van der Waals surface area contributed by atoms with Gasteiger partial charge in [0.2, 0.25) is 5.91 Å². The second-order valence-electron chi connectivity index (χ2n) is 10.9. The Labute approximate surface area is 188 Å². The molecule has 5 nitrogen and oxygen atoms in total. The predicted octanol–water partition coefficient (Wildman–Crippen LogP) is 4.16. The number of primary amides is 1. The number of carbonyl (C=O) groups excluding carboxylic acids is 2. The molecule has 2 heterocycles. The molecule has 166 valence electrons. The van der Waals surface area contributed by atoms with Crippen molar-refractivity contribution in [1.29, 1.82) is 0 Å². The number of nitrogens with zero attached hydrogens (tertiary/aromatic N) is 1. The van der Waals surface area contributed by atoms with E-state index in [0.29, 0.717) is 35.1 Å². The fourth-order valence-corrected chi connectivity index (χ4v) is 9.36. The number of amides is 3. The molecule has 6 bridgehead atoms. The normalized spacial score (nSPS) is 42.6. The first-order valence-corrected chi connectivity index (χ1v) is 13.0. The van der Waals surface area contributed by atoms with E-state index >= 15 is 0 Å². The van der Waals surface area contributed by atoms with Crippen molar-refractivity contribution >= 4 is 23.7 Å². The number of nitrogens with one attached hydrogen (secondary N) is 1. The van der Waals surface area contributed by atoms with E-state index in [9.17, 15) is 9.59 Å². The highest BCUT2D eigenvalue weighted by Crippen LogP contribution is 2.60. The summed E-state index contributed by atoms with van der Waals surface area (Å²) in [5.74, 6) is 1.37. The van der Waals surface area contributed by atoms with Gasteiger partial charge in [0, 0.05) is 33.7 Å². The van der Waals surface area contributed by atoms with E-state index in [1.54, 1.807) is 0 Å². The minimum atomic E-state index is -0.288. The van der Waals surface area contributed by atoms with Crippen LogP contribution in [0.2, 0.25) is 0 Å². The summed E-state index contributed by atoms with van der Waals surface area (Å²) < 4.78 is 0. The van der Waals surface area contributed by atoms with Crippen LogP contribution in [0.1, 0.15) is 57.8 Å². The Morgan fingerprint density at radius 3 is 2.23 bits per heavy atom. The summed E-state index contributed by atoms with van der Waals surface area (Å²) >= 11 is 1.98. The third kappa shape index (κ3) is 3.37. The number of urea groups is 1. The molecular weight excluding hydrogens is 406 g/mol. The van der Waals surface area contributed by atoms with Crippen LogP contribution in [0.4, 0.5) is 4.79 Å². The molecule has 7 rings (SSSR count). The second kappa shape index (κ2) is 7.43. The first kappa shape index (κ1) is 20.0. The van der Waals surface area contributed by atoms with Crippen LogP contribution >= 0.6 is 11.8 Å². The first-order chi connectivity index (χ1) is 15.0. The number of hydrogen-bond donors (Lipinski definition) is 2. The van der Waals surface area contributed by atoms with Gasteiger partial charge in [0.15, 0.2) is 0 Å².